The Hall–Kier alpha value is -3.17. The van der Waals surface area contributed by atoms with Crippen LogP contribution in [0.1, 0.15) is 54.7 Å². The first-order valence-electron chi connectivity index (χ1n) is 9.98. The Morgan fingerprint density at radius 1 is 1.26 bits per heavy atom. The van der Waals surface area contributed by atoms with Gasteiger partial charge in [-0.3, -0.25) is 19.9 Å². The number of alkyl halides is 3. The molecule has 0 aliphatic heterocycles. The van der Waals surface area contributed by atoms with E-state index >= 15 is 0 Å². The Kier molecular flexibility index (Phi) is 6.77. The summed E-state index contributed by atoms with van der Waals surface area (Å²) in [5.41, 5.74) is 0.633. The van der Waals surface area contributed by atoms with Crippen LogP contribution in [0.3, 0.4) is 0 Å². The third-order valence-corrected chi connectivity index (χ3v) is 5.43. The molecule has 1 heterocycles. The smallest absolute Gasteiger partial charge is 0.371 e. The van der Waals surface area contributed by atoms with E-state index in [0.717, 1.165) is 6.07 Å². The Bertz CT molecular complexity index is 937. The number of hydrogen-bond acceptors (Lipinski definition) is 5. The molecule has 166 valence electrons. The van der Waals surface area contributed by atoms with Crippen molar-refractivity contribution in [1.29, 1.82) is 0 Å². The van der Waals surface area contributed by atoms with Gasteiger partial charge in [-0.1, -0.05) is 12.5 Å². The summed E-state index contributed by atoms with van der Waals surface area (Å²) in [6.07, 6.45) is -2.00. The van der Waals surface area contributed by atoms with Crippen molar-refractivity contribution < 1.29 is 22.9 Å². The Labute approximate surface area is 177 Å². The van der Waals surface area contributed by atoms with E-state index in [2.05, 4.69) is 15.6 Å². The van der Waals surface area contributed by atoms with Gasteiger partial charge in [0, 0.05) is 23.9 Å². The maximum atomic E-state index is 13.0. The molecule has 1 aromatic carbocycles. The molecule has 0 spiro atoms. The van der Waals surface area contributed by atoms with Crippen molar-refractivity contribution in [1.82, 2.24) is 10.3 Å². The second kappa shape index (κ2) is 9.32. The molecule has 31 heavy (non-hydrogen) atoms. The van der Waals surface area contributed by atoms with Crippen LogP contribution in [0, 0.1) is 16.0 Å². The Morgan fingerprint density at radius 2 is 2.03 bits per heavy atom. The highest BCUT2D eigenvalue weighted by Crippen LogP contribution is 2.37. The number of carbonyl (C=O) groups excluding carboxylic acids is 1. The molecule has 2 N–H and O–H groups in total. The van der Waals surface area contributed by atoms with Crippen molar-refractivity contribution in [3.8, 4) is 0 Å². The summed E-state index contributed by atoms with van der Waals surface area (Å²) in [7, 11) is 0. The highest BCUT2D eigenvalue weighted by molar-refractivity contribution is 5.96. The van der Waals surface area contributed by atoms with Crippen molar-refractivity contribution in [3.05, 3.63) is 64.0 Å². The third kappa shape index (κ3) is 5.71. The van der Waals surface area contributed by atoms with E-state index in [9.17, 15) is 28.1 Å². The van der Waals surface area contributed by atoms with E-state index in [1.165, 1.54) is 12.1 Å². The molecule has 1 fully saturated rings. The van der Waals surface area contributed by atoms with Gasteiger partial charge in [0.2, 0.25) is 0 Å². The number of amides is 1. The van der Waals surface area contributed by atoms with Gasteiger partial charge in [0.05, 0.1) is 22.6 Å². The molecule has 0 bridgehead atoms. The molecular weight excluding hydrogens is 413 g/mol. The number of anilines is 1. The van der Waals surface area contributed by atoms with Gasteiger partial charge in [-0.05, 0) is 50.5 Å². The van der Waals surface area contributed by atoms with Crippen LogP contribution >= 0.6 is 0 Å². The minimum absolute atomic E-state index is 0.0249. The van der Waals surface area contributed by atoms with Crippen LogP contribution in [0.2, 0.25) is 0 Å². The fraction of sp³-hybridized carbons (Fsp3) is 0.429. The lowest BCUT2D eigenvalue weighted by atomic mass is 9.85. The first-order valence-corrected chi connectivity index (χ1v) is 9.98. The first kappa shape index (κ1) is 22.5. The fourth-order valence-corrected chi connectivity index (χ4v) is 3.77. The lowest BCUT2D eigenvalue weighted by Crippen LogP contribution is -2.41. The van der Waals surface area contributed by atoms with Gasteiger partial charge < -0.3 is 10.6 Å². The summed E-state index contributed by atoms with van der Waals surface area (Å²) in [5.74, 6) is -2.07. The molecule has 0 radical (unpaired) electrons. The van der Waals surface area contributed by atoms with Crippen LogP contribution in [0.25, 0.3) is 0 Å². The van der Waals surface area contributed by atoms with E-state index in [1.54, 1.807) is 31.3 Å². The molecule has 7 nitrogen and oxygen atoms in total. The topological polar surface area (TPSA) is 97.2 Å². The normalized spacial score (nSPS) is 20.0. The van der Waals surface area contributed by atoms with Crippen LogP contribution < -0.4 is 10.6 Å². The molecule has 2 aromatic rings. The molecule has 1 amide bonds. The zero-order chi connectivity index (χ0) is 22.6. The third-order valence-electron chi connectivity index (χ3n) is 5.43. The maximum Gasteiger partial charge on any atom is 0.391 e. The number of nitrogens with zero attached hydrogens (tertiary/aromatic N) is 2. The van der Waals surface area contributed by atoms with Crippen LogP contribution in [-0.2, 0) is 0 Å². The number of nitro groups is 1. The average molecular weight is 436 g/mol. The highest BCUT2D eigenvalue weighted by atomic mass is 19.4. The molecule has 1 aliphatic carbocycles. The SMILES string of the molecule is CC(Nc1ccc(C(=O)NC2CCCC(C(F)(F)F)C2)cc1[N+](=O)[O-])c1ccccn1. The van der Waals surface area contributed by atoms with Crippen molar-refractivity contribution in [3.63, 3.8) is 0 Å². The lowest BCUT2D eigenvalue weighted by molar-refractivity contribution is -0.384. The summed E-state index contributed by atoms with van der Waals surface area (Å²) in [5, 5.41) is 17.2. The second-order valence-electron chi connectivity index (χ2n) is 7.69. The van der Waals surface area contributed by atoms with Gasteiger partial charge in [-0.25, -0.2) is 0 Å². The van der Waals surface area contributed by atoms with Gasteiger partial charge in [-0.2, -0.15) is 13.2 Å². The molecule has 1 saturated carbocycles. The van der Waals surface area contributed by atoms with Crippen molar-refractivity contribution >= 4 is 17.3 Å². The molecule has 10 heteroatoms. The molecule has 3 unspecified atom stereocenters. The van der Waals surface area contributed by atoms with E-state index in [1.807, 2.05) is 0 Å². The molecular formula is C21H23F3N4O3. The second-order valence-corrected chi connectivity index (χ2v) is 7.69. The van der Waals surface area contributed by atoms with Gasteiger partial charge in [0.25, 0.3) is 11.6 Å². The van der Waals surface area contributed by atoms with Crippen LogP contribution in [-0.4, -0.2) is 28.0 Å². The fourth-order valence-electron chi connectivity index (χ4n) is 3.77. The largest absolute Gasteiger partial charge is 0.391 e. The summed E-state index contributed by atoms with van der Waals surface area (Å²) in [4.78, 5) is 27.7. The number of benzene rings is 1. The quantitative estimate of drug-likeness (QED) is 0.490. The summed E-state index contributed by atoms with van der Waals surface area (Å²) < 4.78 is 39.0. The van der Waals surface area contributed by atoms with Crippen LogP contribution in [0.5, 0.6) is 0 Å². The number of nitrogens with one attached hydrogen (secondary N) is 2. The Balaban J connectivity index is 1.73. The van der Waals surface area contributed by atoms with Crippen molar-refractivity contribution in [2.45, 2.75) is 50.9 Å². The molecule has 3 atom stereocenters. The number of pyridine rings is 1. The van der Waals surface area contributed by atoms with Crippen LogP contribution in [0.15, 0.2) is 42.6 Å². The summed E-state index contributed by atoms with van der Waals surface area (Å²) >= 11 is 0. The Morgan fingerprint density at radius 3 is 2.68 bits per heavy atom. The van der Waals surface area contributed by atoms with Crippen molar-refractivity contribution in [2.75, 3.05) is 5.32 Å². The van der Waals surface area contributed by atoms with Crippen molar-refractivity contribution in [2.24, 2.45) is 5.92 Å². The molecule has 1 aliphatic rings. The predicted octanol–water partition coefficient (Wildman–Crippen LogP) is 5.01. The number of carbonyl (C=O) groups is 1. The van der Waals surface area contributed by atoms with E-state index < -0.39 is 29.0 Å². The number of hydrogen-bond donors (Lipinski definition) is 2. The monoisotopic (exact) mass is 436 g/mol. The minimum atomic E-state index is -4.29. The van der Waals surface area contributed by atoms with E-state index in [0.29, 0.717) is 18.5 Å². The highest BCUT2D eigenvalue weighted by Gasteiger charge is 2.42. The lowest BCUT2D eigenvalue weighted by Gasteiger charge is -2.31. The van der Waals surface area contributed by atoms with Gasteiger partial charge in [-0.15, -0.1) is 0 Å². The zero-order valence-corrected chi connectivity index (χ0v) is 16.9. The van der Waals surface area contributed by atoms with E-state index in [-0.39, 0.29) is 35.8 Å². The number of halogens is 3. The minimum Gasteiger partial charge on any atom is -0.371 e. The molecule has 1 aromatic heterocycles. The molecule has 3 rings (SSSR count). The number of aromatic nitrogens is 1. The van der Waals surface area contributed by atoms with E-state index in [4.69, 9.17) is 0 Å². The van der Waals surface area contributed by atoms with Crippen LogP contribution in [0.4, 0.5) is 24.5 Å². The summed E-state index contributed by atoms with van der Waals surface area (Å²) in [6, 6.07) is 8.38. The average Bonchev–Trinajstić information content (AvgIpc) is 2.74. The molecule has 0 saturated heterocycles. The summed E-state index contributed by atoms with van der Waals surface area (Å²) in [6.45, 7) is 1.80. The predicted molar refractivity (Wildman–Crippen MR) is 109 cm³/mol. The number of rotatable bonds is 6. The standard InChI is InChI=1S/C21H23F3N4O3/c1-13(17-7-2-3-10-25-17)26-18-9-8-14(11-19(18)28(30)31)20(29)27-16-6-4-5-15(12-16)21(22,23)24/h2-3,7-11,13,15-16,26H,4-6,12H2,1H3,(H,27,29). The number of nitro benzene ring substituents is 1. The van der Waals surface area contributed by atoms with Gasteiger partial charge in [0.1, 0.15) is 5.69 Å². The zero-order valence-electron chi connectivity index (χ0n) is 16.9. The first-order chi connectivity index (χ1) is 14.6. The maximum absolute atomic E-state index is 13.0. The van der Waals surface area contributed by atoms with Gasteiger partial charge in [0.15, 0.2) is 0 Å². The van der Waals surface area contributed by atoms with Gasteiger partial charge >= 0.3 is 6.18 Å².